The average Bonchev–Trinajstić information content (AvgIpc) is 3.17. The van der Waals surface area contributed by atoms with Crippen LogP contribution in [-0.4, -0.2) is 39.7 Å². The van der Waals surface area contributed by atoms with E-state index in [1.165, 1.54) is 11.1 Å². The molecule has 1 N–H and O–H groups in total. The number of nitrogens with zero attached hydrogens (tertiary/aromatic N) is 3. The van der Waals surface area contributed by atoms with E-state index in [2.05, 4.69) is 5.10 Å². The number of nitro groups is 1. The molecule has 0 saturated carbocycles. The Morgan fingerprint density at radius 3 is 2.52 bits per heavy atom. The highest BCUT2D eigenvalue weighted by molar-refractivity contribution is 6.06. The van der Waals surface area contributed by atoms with Crippen LogP contribution in [0.25, 0.3) is 0 Å². The van der Waals surface area contributed by atoms with Crippen molar-refractivity contribution in [2.75, 3.05) is 7.11 Å². The van der Waals surface area contributed by atoms with Crippen LogP contribution in [0.4, 0.5) is 5.69 Å². The van der Waals surface area contributed by atoms with Gasteiger partial charge in [-0.3, -0.25) is 19.7 Å². The molecule has 1 aliphatic rings. The highest BCUT2D eigenvalue weighted by atomic mass is 16.6. The number of methoxy groups -OCH3 is 1. The molecule has 2 aromatic rings. The number of hydrogen-bond acceptors (Lipinski definition) is 6. The number of carboxylic acid groups (broad SMARTS) is 1. The first-order chi connectivity index (χ1) is 13.9. The third-order valence-electron chi connectivity index (χ3n) is 4.63. The standard InChI is InChI=1S/C20H19N3O6/c1-29-14-8-6-13(7-9-14)18-12-16(15-4-2-3-5-17(15)23(27)28)21-22(18)19(24)10-11-20(25)26/h2-9,18H,10-12H2,1H3,(H,25,26)/t18-/m0/s1. The molecule has 29 heavy (non-hydrogen) atoms. The monoisotopic (exact) mass is 397 g/mol. The van der Waals surface area contributed by atoms with E-state index < -0.39 is 22.8 Å². The first kappa shape index (κ1) is 20.0. The maximum atomic E-state index is 12.6. The number of hydrazone groups is 1. The van der Waals surface area contributed by atoms with E-state index in [1.54, 1.807) is 49.6 Å². The summed E-state index contributed by atoms with van der Waals surface area (Å²) in [5, 5.41) is 25.8. The van der Waals surface area contributed by atoms with Crippen molar-refractivity contribution in [3.63, 3.8) is 0 Å². The number of carbonyl (C=O) groups is 2. The summed E-state index contributed by atoms with van der Waals surface area (Å²) in [5.74, 6) is -0.890. The van der Waals surface area contributed by atoms with Crippen LogP contribution < -0.4 is 4.74 Å². The lowest BCUT2D eigenvalue weighted by molar-refractivity contribution is -0.385. The first-order valence-corrected chi connectivity index (χ1v) is 8.89. The topological polar surface area (TPSA) is 122 Å². The molecule has 9 nitrogen and oxygen atoms in total. The zero-order valence-electron chi connectivity index (χ0n) is 15.6. The van der Waals surface area contributed by atoms with E-state index in [1.807, 2.05) is 0 Å². The minimum absolute atomic E-state index is 0.0976. The zero-order valence-corrected chi connectivity index (χ0v) is 15.6. The molecule has 9 heteroatoms. The Balaban J connectivity index is 1.97. The van der Waals surface area contributed by atoms with E-state index in [9.17, 15) is 19.7 Å². The number of benzene rings is 2. The second-order valence-corrected chi connectivity index (χ2v) is 6.45. The first-order valence-electron chi connectivity index (χ1n) is 8.89. The van der Waals surface area contributed by atoms with Gasteiger partial charge in [0.25, 0.3) is 5.69 Å². The smallest absolute Gasteiger partial charge is 0.303 e. The van der Waals surface area contributed by atoms with Gasteiger partial charge in [0.2, 0.25) is 5.91 Å². The number of para-hydroxylation sites is 1. The second-order valence-electron chi connectivity index (χ2n) is 6.45. The fourth-order valence-electron chi connectivity index (χ4n) is 3.19. The van der Waals surface area contributed by atoms with Crippen LogP contribution >= 0.6 is 0 Å². The maximum absolute atomic E-state index is 12.6. The molecule has 1 aliphatic heterocycles. The summed E-state index contributed by atoms with van der Waals surface area (Å²) in [5.41, 5.74) is 1.41. The fraction of sp³-hybridized carbons (Fsp3) is 0.250. The molecule has 1 heterocycles. The van der Waals surface area contributed by atoms with Gasteiger partial charge in [-0.25, -0.2) is 5.01 Å². The molecule has 150 valence electrons. The van der Waals surface area contributed by atoms with Gasteiger partial charge in [0.15, 0.2) is 0 Å². The third-order valence-corrected chi connectivity index (χ3v) is 4.63. The molecule has 0 aromatic heterocycles. The largest absolute Gasteiger partial charge is 0.497 e. The van der Waals surface area contributed by atoms with Crippen molar-refractivity contribution in [1.29, 1.82) is 0 Å². The van der Waals surface area contributed by atoms with Crippen LogP contribution in [-0.2, 0) is 9.59 Å². The van der Waals surface area contributed by atoms with E-state index >= 15 is 0 Å². The molecule has 0 saturated heterocycles. The molecule has 0 bridgehead atoms. The zero-order chi connectivity index (χ0) is 21.0. The van der Waals surface area contributed by atoms with E-state index in [0.29, 0.717) is 17.0 Å². The van der Waals surface area contributed by atoms with Gasteiger partial charge in [0.1, 0.15) is 5.75 Å². The Kier molecular flexibility index (Phi) is 5.87. The van der Waals surface area contributed by atoms with Gasteiger partial charge < -0.3 is 9.84 Å². The Hall–Kier alpha value is -3.75. The molecule has 0 aliphatic carbocycles. The van der Waals surface area contributed by atoms with Gasteiger partial charge in [-0.15, -0.1) is 0 Å². The summed E-state index contributed by atoms with van der Waals surface area (Å²) in [4.78, 5) is 34.4. The predicted molar refractivity (Wildman–Crippen MR) is 104 cm³/mol. The van der Waals surface area contributed by atoms with Gasteiger partial charge >= 0.3 is 5.97 Å². The molecule has 0 spiro atoms. The Bertz CT molecular complexity index is 970. The van der Waals surface area contributed by atoms with Crippen molar-refractivity contribution in [3.05, 3.63) is 69.8 Å². The lowest BCUT2D eigenvalue weighted by atomic mass is 9.97. The molecular weight excluding hydrogens is 378 g/mol. The Labute approximate surface area is 166 Å². The number of ether oxygens (including phenoxy) is 1. The number of rotatable bonds is 7. The van der Waals surface area contributed by atoms with Crippen LogP contribution in [0.1, 0.15) is 36.4 Å². The molecular formula is C20H19N3O6. The number of carbonyl (C=O) groups excluding carboxylic acids is 1. The van der Waals surface area contributed by atoms with Crippen LogP contribution in [0, 0.1) is 10.1 Å². The lowest BCUT2D eigenvalue weighted by Gasteiger charge is -2.22. The van der Waals surface area contributed by atoms with Gasteiger partial charge in [-0.2, -0.15) is 5.10 Å². The highest BCUT2D eigenvalue weighted by Gasteiger charge is 2.35. The molecule has 2 aromatic carbocycles. The summed E-state index contributed by atoms with van der Waals surface area (Å²) < 4.78 is 5.15. The Morgan fingerprint density at radius 1 is 1.21 bits per heavy atom. The van der Waals surface area contributed by atoms with Gasteiger partial charge in [0.05, 0.1) is 35.8 Å². The minimum atomic E-state index is -1.08. The SMILES string of the molecule is COc1ccc([C@@H]2CC(c3ccccc3[N+](=O)[O-])=NN2C(=O)CCC(=O)O)cc1. The number of nitro benzene ring substituents is 1. The van der Waals surface area contributed by atoms with E-state index in [-0.39, 0.29) is 24.9 Å². The highest BCUT2D eigenvalue weighted by Crippen LogP contribution is 2.36. The minimum Gasteiger partial charge on any atom is -0.497 e. The summed E-state index contributed by atoms with van der Waals surface area (Å²) in [6, 6.07) is 12.8. The van der Waals surface area contributed by atoms with Crippen molar-refractivity contribution in [1.82, 2.24) is 5.01 Å². The third kappa shape index (κ3) is 4.40. The molecule has 1 atom stereocenters. The number of amides is 1. The van der Waals surface area contributed by atoms with Gasteiger partial charge in [-0.05, 0) is 23.8 Å². The summed E-state index contributed by atoms with van der Waals surface area (Å²) in [7, 11) is 1.54. The van der Waals surface area contributed by atoms with Crippen LogP contribution in [0.15, 0.2) is 53.6 Å². The van der Waals surface area contributed by atoms with Gasteiger partial charge in [0, 0.05) is 18.9 Å². The van der Waals surface area contributed by atoms with Crippen molar-refractivity contribution in [2.45, 2.75) is 25.3 Å². The fourth-order valence-corrected chi connectivity index (χ4v) is 3.19. The summed E-state index contributed by atoms with van der Waals surface area (Å²) in [6.45, 7) is 0. The second kappa shape index (κ2) is 8.51. The normalized spacial score (nSPS) is 15.7. The van der Waals surface area contributed by atoms with Gasteiger partial charge in [-0.1, -0.05) is 24.3 Å². The summed E-state index contributed by atoms with van der Waals surface area (Å²) >= 11 is 0. The number of carboxylic acids is 1. The lowest BCUT2D eigenvalue weighted by Crippen LogP contribution is -2.27. The quantitative estimate of drug-likeness (QED) is 0.566. The maximum Gasteiger partial charge on any atom is 0.303 e. The van der Waals surface area contributed by atoms with Crippen molar-refractivity contribution < 1.29 is 24.4 Å². The number of hydrogen-bond donors (Lipinski definition) is 1. The van der Waals surface area contributed by atoms with E-state index in [4.69, 9.17) is 9.84 Å². The number of aliphatic carboxylic acids is 1. The average molecular weight is 397 g/mol. The van der Waals surface area contributed by atoms with Crippen LogP contribution in [0.3, 0.4) is 0 Å². The summed E-state index contributed by atoms with van der Waals surface area (Å²) in [6.07, 6.45) is -0.257. The molecule has 0 radical (unpaired) electrons. The predicted octanol–water partition coefficient (Wildman–Crippen LogP) is 3.15. The molecule has 0 fully saturated rings. The van der Waals surface area contributed by atoms with Crippen LogP contribution in [0.2, 0.25) is 0 Å². The van der Waals surface area contributed by atoms with Crippen molar-refractivity contribution in [3.8, 4) is 5.75 Å². The van der Waals surface area contributed by atoms with Crippen LogP contribution in [0.5, 0.6) is 5.75 Å². The van der Waals surface area contributed by atoms with Crippen molar-refractivity contribution in [2.24, 2.45) is 5.10 Å². The van der Waals surface area contributed by atoms with E-state index in [0.717, 1.165) is 5.56 Å². The molecule has 1 amide bonds. The van der Waals surface area contributed by atoms with Crippen molar-refractivity contribution >= 4 is 23.3 Å². The molecule has 3 rings (SSSR count). The Morgan fingerprint density at radius 2 is 1.90 bits per heavy atom. The molecule has 0 unspecified atom stereocenters.